The highest BCUT2D eigenvalue weighted by atomic mass is 16.5. The molecule has 16 heavy (non-hydrogen) atoms. The molecule has 0 saturated heterocycles. The predicted molar refractivity (Wildman–Crippen MR) is 60.1 cm³/mol. The summed E-state index contributed by atoms with van der Waals surface area (Å²) in [4.78, 5) is 0.597. The van der Waals surface area contributed by atoms with Crippen LogP contribution in [-0.2, 0) is 0 Å². The first-order valence-corrected chi connectivity index (χ1v) is 4.95. The first-order valence-electron chi connectivity index (χ1n) is 4.95. The third-order valence-corrected chi connectivity index (χ3v) is 2.48. The van der Waals surface area contributed by atoms with Gasteiger partial charge in [-0.05, 0) is 28.2 Å². The van der Waals surface area contributed by atoms with Crippen LogP contribution in [-0.4, -0.2) is 20.4 Å². The summed E-state index contributed by atoms with van der Waals surface area (Å²) in [5, 5.41) is 16.8. The van der Waals surface area contributed by atoms with E-state index in [0.29, 0.717) is 16.0 Å². The molecular weight excluding hydrogens is 202 g/mol. The van der Waals surface area contributed by atoms with E-state index in [1.54, 1.807) is 0 Å². The van der Waals surface area contributed by atoms with E-state index in [0.717, 1.165) is 11.1 Å². The lowest BCUT2D eigenvalue weighted by Gasteiger charge is -1.99. The minimum atomic E-state index is 0.597. The maximum Gasteiger partial charge on any atom is 0.117 e. The molecule has 0 fully saturated rings. The van der Waals surface area contributed by atoms with Gasteiger partial charge < -0.3 is 5.21 Å². The molecule has 0 spiro atoms. The number of benzene rings is 2. The summed E-state index contributed by atoms with van der Waals surface area (Å²) in [5.74, 6) is 0. The van der Waals surface area contributed by atoms with Crippen molar-refractivity contribution >= 4 is 11.0 Å². The Morgan fingerprint density at radius 2 is 1.56 bits per heavy atom. The van der Waals surface area contributed by atoms with Gasteiger partial charge in [0.25, 0.3) is 0 Å². The molecule has 4 nitrogen and oxygen atoms in total. The Balaban J connectivity index is 2.18. The van der Waals surface area contributed by atoms with Gasteiger partial charge >= 0.3 is 0 Å². The summed E-state index contributed by atoms with van der Waals surface area (Å²) in [6.45, 7) is 0. The fraction of sp³-hybridized carbons (Fsp3) is 0. The van der Waals surface area contributed by atoms with E-state index in [9.17, 15) is 0 Å². The molecule has 0 unspecified atom stereocenters. The fourth-order valence-corrected chi connectivity index (χ4v) is 1.71. The molecule has 0 aliphatic rings. The van der Waals surface area contributed by atoms with Crippen LogP contribution in [0.25, 0.3) is 22.2 Å². The standard InChI is InChI=1S/C12H9N3O/c16-15-13-11-7-6-10(8-12(11)14-15)9-4-2-1-3-5-9/h1-8,16H. The quantitative estimate of drug-likeness (QED) is 0.628. The average molecular weight is 211 g/mol. The van der Waals surface area contributed by atoms with Gasteiger partial charge in [-0.1, -0.05) is 36.4 Å². The molecule has 0 radical (unpaired) electrons. The molecule has 3 aromatic rings. The van der Waals surface area contributed by atoms with E-state index < -0.39 is 0 Å². The Kier molecular flexibility index (Phi) is 1.86. The minimum Gasteiger partial charge on any atom is -0.396 e. The summed E-state index contributed by atoms with van der Waals surface area (Å²) in [6, 6.07) is 15.7. The lowest BCUT2D eigenvalue weighted by molar-refractivity contribution is 0.113. The highest BCUT2D eigenvalue weighted by Gasteiger charge is 2.03. The van der Waals surface area contributed by atoms with Crippen molar-refractivity contribution in [1.82, 2.24) is 15.2 Å². The van der Waals surface area contributed by atoms with E-state index in [4.69, 9.17) is 5.21 Å². The van der Waals surface area contributed by atoms with Gasteiger partial charge in [0, 0.05) is 0 Å². The molecule has 1 heterocycles. The first kappa shape index (κ1) is 8.91. The Hall–Kier alpha value is -2.36. The van der Waals surface area contributed by atoms with Crippen molar-refractivity contribution in [1.29, 1.82) is 0 Å². The highest BCUT2D eigenvalue weighted by Crippen LogP contribution is 2.22. The van der Waals surface area contributed by atoms with E-state index in [2.05, 4.69) is 10.2 Å². The van der Waals surface area contributed by atoms with E-state index in [-0.39, 0.29) is 0 Å². The van der Waals surface area contributed by atoms with Crippen LogP contribution in [0.2, 0.25) is 0 Å². The van der Waals surface area contributed by atoms with Crippen LogP contribution in [0.15, 0.2) is 48.5 Å². The molecule has 0 aliphatic heterocycles. The zero-order valence-corrected chi connectivity index (χ0v) is 8.41. The van der Waals surface area contributed by atoms with E-state index in [1.807, 2.05) is 48.5 Å². The number of fused-ring (bicyclic) bond motifs is 1. The zero-order valence-electron chi connectivity index (χ0n) is 8.41. The smallest absolute Gasteiger partial charge is 0.117 e. The summed E-state index contributed by atoms with van der Waals surface area (Å²) in [5.41, 5.74) is 3.55. The van der Waals surface area contributed by atoms with Crippen LogP contribution in [0.3, 0.4) is 0 Å². The van der Waals surface area contributed by atoms with Gasteiger partial charge in [0.05, 0.1) is 0 Å². The third-order valence-electron chi connectivity index (χ3n) is 2.48. The second-order valence-corrected chi connectivity index (χ2v) is 3.54. The van der Waals surface area contributed by atoms with Crippen LogP contribution in [0.4, 0.5) is 0 Å². The number of rotatable bonds is 1. The van der Waals surface area contributed by atoms with Crippen molar-refractivity contribution in [3.05, 3.63) is 48.5 Å². The molecule has 3 rings (SSSR count). The van der Waals surface area contributed by atoms with Gasteiger partial charge in [-0.2, -0.15) is 0 Å². The SMILES string of the molecule is On1nc2ccc(-c3ccccc3)cc2n1. The monoisotopic (exact) mass is 211 g/mol. The first-order chi connectivity index (χ1) is 7.83. The summed E-state index contributed by atoms with van der Waals surface area (Å²) in [7, 11) is 0. The molecule has 0 atom stereocenters. The summed E-state index contributed by atoms with van der Waals surface area (Å²) < 4.78 is 0. The maximum absolute atomic E-state index is 9.11. The fourth-order valence-electron chi connectivity index (χ4n) is 1.71. The van der Waals surface area contributed by atoms with Gasteiger partial charge in [-0.25, -0.2) is 0 Å². The van der Waals surface area contributed by atoms with Crippen LogP contribution < -0.4 is 0 Å². The molecule has 1 aromatic heterocycles. The molecule has 78 valence electrons. The lowest BCUT2D eigenvalue weighted by atomic mass is 10.1. The third kappa shape index (κ3) is 1.40. The van der Waals surface area contributed by atoms with Gasteiger partial charge in [-0.3, -0.25) is 0 Å². The molecule has 0 amide bonds. The van der Waals surface area contributed by atoms with Crippen molar-refractivity contribution in [2.75, 3.05) is 0 Å². The largest absolute Gasteiger partial charge is 0.396 e. The zero-order chi connectivity index (χ0) is 11.0. The summed E-state index contributed by atoms with van der Waals surface area (Å²) >= 11 is 0. The van der Waals surface area contributed by atoms with Crippen LogP contribution >= 0.6 is 0 Å². The molecule has 0 bridgehead atoms. The number of hydrogen-bond donors (Lipinski definition) is 1. The number of hydrogen-bond acceptors (Lipinski definition) is 3. The van der Waals surface area contributed by atoms with Crippen LogP contribution in [0.5, 0.6) is 0 Å². The Morgan fingerprint density at radius 1 is 0.812 bits per heavy atom. The van der Waals surface area contributed by atoms with Crippen molar-refractivity contribution in [3.63, 3.8) is 0 Å². The van der Waals surface area contributed by atoms with E-state index >= 15 is 0 Å². The van der Waals surface area contributed by atoms with Gasteiger partial charge in [-0.15, -0.1) is 10.2 Å². The molecule has 4 heteroatoms. The second-order valence-electron chi connectivity index (χ2n) is 3.54. The normalized spacial score (nSPS) is 10.8. The Morgan fingerprint density at radius 3 is 2.38 bits per heavy atom. The molecule has 0 aliphatic carbocycles. The van der Waals surface area contributed by atoms with Crippen molar-refractivity contribution in [2.45, 2.75) is 0 Å². The van der Waals surface area contributed by atoms with Gasteiger partial charge in [0.1, 0.15) is 11.0 Å². The minimum absolute atomic E-state index is 0.597. The predicted octanol–water partition coefficient (Wildman–Crippen LogP) is 2.34. The summed E-state index contributed by atoms with van der Waals surface area (Å²) in [6.07, 6.45) is 0. The molecule has 0 saturated carbocycles. The van der Waals surface area contributed by atoms with Crippen molar-refractivity contribution < 1.29 is 5.21 Å². The van der Waals surface area contributed by atoms with Crippen LogP contribution in [0.1, 0.15) is 0 Å². The van der Waals surface area contributed by atoms with E-state index in [1.165, 1.54) is 0 Å². The molecule has 1 N–H and O–H groups in total. The Bertz CT molecular complexity index is 631. The van der Waals surface area contributed by atoms with Crippen LogP contribution in [0, 0.1) is 0 Å². The average Bonchev–Trinajstić information content (AvgIpc) is 2.69. The maximum atomic E-state index is 9.11. The van der Waals surface area contributed by atoms with Crippen molar-refractivity contribution in [3.8, 4) is 11.1 Å². The molecule has 2 aromatic carbocycles. The van der Waals surface area contributed by atoms with Gasteiger partial charge in [0.15, 0.2) is 0 Å². The highest BCUT2D eigenvalue weighted by molar-refractivity contribution is 5.80. The lowest BCUT2D eigenvalue weighted by Crippen LogP contribution is -1.92. The topological polar surface area (TPSA) is 50.9 Å². The van der Waals surface area contributed by atoms with Gasteiger partial charge in [0.2, 0.25) is 0 Å². The number of nitrogens with zero attached hydrogens (tertiary/aromatic N) is 3. The molecular formula is C12H9N3O. The second kappa shape index (κ2) is 3.34. The number of aromatic nitrogens is 3. The van der Waals surface area contributed by atoms with Crippen molar-refractivity contribution in [2.24, 2.45) is 0 Å². The Labute approximate surface area is 91.7 Å².